The van der Waals surface area contributed by atoms with Gasteiger partial charge in [0.1, 0.15) is 13.1 Å². The van der Waals surface area contributed by atoms with Crippen LogP contribution in [-0.4, -0.2) is 67.1 Å². The first-order chi connectivity index (χ1) is 9.67. The lowest BCUT2D eigenvalue weighted by atomic mass is 9.88. The third-order valence-corrected chi connectivity index (χ3v) is 4.12. The van der Waals surface area contributed by atoms with Crippen molar-refractivity contribution in [3.8, 4) is 0 Å². The van der Waals surface area contributed by atoms with Crippen LogP contribution in [0.15, 0.2) is 0 Å². The van der Waals surface area contributed by atoms with Crippen LogP contribution in [0.3, 0.4) is 0 Å². The molecule has 0 aromatic rings. The van der Waals surface area contributed by atoms with Gasteiger partial charge in [-0.1, -0.05) is 0 Å². The second kappa shape index (κ2) is 5.82. The number of rotatable bonds is 4. The van der Waals surface area contributed by atoms with Gasteiger partial charge >= 0.3 is 6.18 Å². The van der Waals surface area contributed by atoms with Crippen molar-refractivity contribution in [2.24, 2.45) is 5.92 Å². The summed E-state index contributed by atoms with van der Waals surface area (Å²) in [6.45, 7) is -1.90. The minimum absolute atomic E-state index is 0.0484. The van der Waals surface area contributed by atoms with Crippen LogP contribution in [0.5, 0.6) is 0 Å². The van der Waals surface area contributed by atoms with Crippen LogP contribution in [0, 0.1) is 5.92 Å². The standard InChI is InChI=1S/C13H20F3N3O2/c1-18(2)11(20)6-19(7-13(14,15)16)12(21)9-5-8-3-4-10(9)17-8/h8-10,17H,3-7H2,1-2H3. The number of alkyl halides is 3. The molecule has 0 saturated carbocycles. The summed E-state index contributed by atoms with van der Waals surface area (Å²) in [4.78, 5) is 25.9. The number of carbonyl (C=O) groups is 2. The Hall–Kier alpha value is -1.31. The zero-order chi connectivity index (χ0) is 15.8. The molecule has 2 heterocycles. The molecule has 2 amide bonds. The Balaban J connectivity index is 2.07. The summed E-state index contributed by atoms with van der Waals surface area (Å²) >= 11 is 0. The normalized spacial score (nSPS) is 27.8. The molecule has 8 heteroatoms. The minimum Gasteiger partial charge on any atom is -0.347 e. The molecule has 2 saturated heterocycles. The maximum Gasteiger partial charge on any atom is 0.406 e. The Morgan fingerprint density at radius 1 is 1.24 bits per heavy atom. The lowest BCUT2D eigenvalue weighted by molar-refractivity contribution is -0.166. The number of carbonyl (C=O) groups excluding carboxylic acids is 2. The first-order valence-electron chi connectivity index (χ1n) is 6.99. The van der Waals surface area contributed by atoms with E-state index in [1.54, 1.807) is 0 Å². The zero-order valence-electron chi connectivity index (χ0n) is 12.1. The largest absolute Gasteiger partial charge is 0.406 e. The topological polar surface area (TPSA) is 52.7 Å². The second-order valence-electron chi connectivity index (χ2n) is 5.99. The van der Waals surface area contributed by atoms with E-state index in [4.69, 9.17) is 0 Å². The van der Waals surface area contributed by atoms with Gasteiger partial charge in [-0.2, -0.15) is 13.2 Å². The summed E-state index contributed by atoms with van der Waals surface area (Å²) in [5.41, 5.74) is 0. The van der Waals surface area contributed by atoms with Crippen LogP contribution in [0.2, 0.25) is 0 Å². The van der Waals surface area contributed by atoms with Crippen molar-refractivity contribution in [1.82, 2.24) is 15.1 Å². The van der Waals surface area contributed by atoms with Crippen LogP contribution in [0.25, 0.3) is 0 Å². The third-order valence-electron chi connectivity index (χ3n) is 4.12. The van der Waals surface area contributed by atoms with E-state index in [0.29, 0.717) is 11.3 Å². The van der Waals surface area contributed by atoms with Gasteiger partial charge < -0.3 is 15.1 Å². The quantitative estimate of drug-likeness (QED) is 0.828. The number of halogens is 3. The number of likely N-dealkylation sites (N-methyl/N-ethyl adjacent to an activating group) is 1. The lowest BCUT2D eigenvalue weighted by Crippen LogP contribution is -2.49. The van der Waals surface area contributed by atoms with Crippen molar-refractivity contribution in [3.63, 3.8) is 0 Å². The summed E-state index contributed by atoms with van der Waals surface area (Å²) in [5, 5.41) is 3.23. The summed E-state index contributed by atoms with van der Waals surface area (Å²) in [7, 11) is 2.91. The molecule has 0 radical (unpaired) electrons. The molecule has 0 aromatic carbocycles. The Morgan fingerprint density at radius 3 is 2.33 bits per heavy atom. The molecule has 21 heavy (non-hydrogen) atoms. The smallest absolute Gasteiger partial charge is 0.347 e. The van der Waals surface area contributed by atoms with E-state index in [-0.39, 0.29) is 12.1 Å². The Kier molecular flexibility index (Phi) is 4.46. The second-order valence-corrected chi connectivity index (χ2v) is 5.99. The van der Waals surface area contributed by atoms with Gasteiger partial charge in [0.25, 0.3) is 0 Å². The number of hydrogen-bond acceptors (Lipinski definition) is 3. The average Bonchev–Trinajstić information content (AvgIpc) is 2.97. The van der Waals surface area contributed by atoms with E-state index in [1.807, 2.05) is 0 Å². The molecular formula is C13H20F3N3O2. The van der Waals surface area contributed by atoms with E-state index >= 15 is 0 Å². The molecule has 5 nitrogen and oxygen atoms in total. The van der Waals surface area contributed by atoms with Gasteiger partial charge in [-0.3, -0.25) is 9.59 Å². The molecule has 0 aromatic heterocycles. The predicted octanol–water partition coefficient (Wildman–Crippen LogP) is 0.606. The average molecular weight is 307 g/mol. The predicted molar refractivity (Wildman–Crippen MR) is 69.4 cm³/mol. The molecule has 1 N–H and O–H groups in total. The van der Waals surface area contributed by atoms with E-state index < -0.39 is 37.0 Å². The fourth-order valence-electron chi connectivity index (χ4n) is 3.06. The Morgan fingerprint density at radius 2 is 1.90 bits per heavy atom. The highest BCUT2D eigenvalue weighted by Gasteiger charge is 2.46. The molecule has 120 valence electrons. The molecule has 2 aliphatic rings. The maximum atomic E-state index is 12.7. The van der Waals surface area contributed by atoms with Gasteiger partial charge in [0.2, 0.25) is 11.8 Å². The monoisotopic (exact) mass is 307 g/mol. The SMILES string of the molecule is CN(C)C(=O)CN(CC(F)(F)F)C(=O)C1CC2CCC1N2. The molecule has 3 unspecified atom stereocenters. The fourth-order valence-corrected chi connectivity index (χ4v) is 3.06. The lowest BCUT2D eigenvalue weighted by Gasteiger charge is -2.29. The van der Waals surface area contributed by atoms with E-state index in [1.165, 1.54) is 19.0 Å². The summed E-state index contributed by atoms with van der Waals surface area (Å²) in [5.74, 6) is -1.52. The molecule has 3 atom stereocenters. The van der Waals surface area contributed by atoms with Crippen LogP contribution in [-0.2, 0) is 9.59 Å². The summed E-state index contributed by atoms with van der Waals surface area (Å²) in [6.07, 6.45) is -2.17. The maximum absolute atomic E-state index is 12.7. The van der Waals surface area contributed by atoms with Crippen LogP contribution >= 0.6 is 0 Å². The third kappa shape index (κ3) is 3.87. The molecule has 2 fully saturated rings. The van der Waals surface area contributed by atoms with Gasteiger partial charge in [0.05, 0.1) is 5.92 Å². The minimum atomic E-state index is -4.51. The van der Waals surface area contributed by atoms with Gasteiger partial charge in [-0.05, 0) is 19.3 Å². The number of nitrogens with zero attached hydrogens (tertiary/aromatic N) is 2. The first kappa shape index (κ1) is 16.1. The van der Waals surface area contributed by atoms with Gasteiger partial charge in [0, 0.05) is 26.2 Å². The van der Waals surface area contributed by atoms with E-state index in [0.717, 1.165) is 12.8 Å². The summed E-state index contributed by atoms with van der Waals surface area (Å²) < 4.78 is 38.0. The molecule has 2 aliphatic heterocycles. The number of hydrogen-bond donors (Lipinski definition) is 1. The van der Waals surface area contributed by atoms with Crippen molar-refractivity contribution >= 4 is 11.8 Å². The van der Waals surface area contributed by atoms with Crippen molar-refractivity contribution in [3.05, 3.63) is 0 Å². The Labute approximate surface area is 121 Å². The van der Waals surface area contributed by atoms with Gasteiger partial charge in [-0.25, -0.2) is 0 Å². The Bertz CT molecular complexity index is 425. The van der Waals surface area contributed by atoms with E-state index in [9.17, 15) is 22.8 Å². The van der Waals surface area contributed by atoms with Crippen molar-refractivity contribution in [2.75, 3.05) is 27.2 Å². The number of nitrogens with one attached hydrogen (secondary N) is 1. The molecule has 0 aliphatic carbocycles. The first-order valence-corrected chi connectivity index (χ1v) is 6.99. The highest BCUT2D eigenvalue weighted by Crippen LogP contribution is 2.34. The molecule has 0 spiro atoms. The van der Waals surface area contributed by atoms with Crippen molar-refractivity contribution in [1.29, 1.82) is 0 Å². The zero-order valence-corrected chi connectivity index (χ0v) is 12.1. The molecular weight excluding hydrogens is 287 g/mol. The van der Waals surface area contributed by atoms with Gasteiger partial charge in [0.15, 0.2) is 0 Å². The fraction of sp³-hybridized carbons (Fsp3) is 0.846. The molecule has 2 bridgehead atoms. The van der Waals surface area contributed by atoms with Gasteiger partial charge in [-0.15, -0.1) is 0 Å². The van der Waals surface area contributed by atoms with Crippen molar-refractivity contribution in [2.45, 2.75) is 37.5 Å². The highest BCUT2D eigenvalue weighted by atomic mass is 19.4. The number of fused-ring (bicyclic) bond motifs is 2. The molecule has 2 rings (SSSR count). The highest BCUT2D eigenvalue weighted by molar-refractivity contribution is 5.86. The summed E-state index contributed by atoms with van der Waals surface area (Å²) in [6, 6.07) is 0.175. The van der Waals surface area contributed by atoms with Crippen molar-refractivity contribution < 1.29 is 22.8 Å². The van der Waals surface area contributed by atoms with Crippen LogP contribution < -0.4 is 5.32 Å². The number of amides is 2. The van der Waals surface area contributed by atoms with Crippen LogP contribution in [0.4, 0.5) is 13.2 Å². The van der Waals surface area contributed by atoms with E-state index in [2.05, 4.69) is 5.32 Å². The van der Waals surface area contributed by atoms with Crippen LogP contribution in [0.1, 0.15) is 19.3 Å².